The van der Waals surface area contributed by atoms with Crippen LogP contribution in [-0.4, -0.2) is 24.9 Å². The zero-order valence-corrected chi connectivity index (χ0v) is 15.9. The van der Waals surface area contributed by atoms with Crippen molar-refractivity contribution in [1.29, 1.82) is 0 Å². The third kappa shape index (κ3) is 5.40. The van der Waals surface area contributed by atoms with E-state index >= 15 is 0 Å². The average molecular weight is 356 g/mol. The highest BCUT2D eigenvalue weighted by atomic mass is 19.1. The van der Waals surface area contributed by atoms with Crippen LogP contribution < -0.4 is 5.32 Å². The SMILES string of the molecule is CCCC(/C=C(\C)c1cccc(F)c1)c1cc(C=O)c(CCCNC)[nH]1. The number of H-pyrrole nitrogens is 1. The molecule has 0 amide bonds. The Morgan fingerprint density at radius 2 is 2.15 bits per heavy atom. The number of hydrogen-bond donors (Lipinski definition) is 2. The van der Waals surface area contributed by atoms with E-state index in [0.29, 0.717) is 0 Å². The molecule has 0 spiro atoms. The number of aldehydes is 1. The number of carbonyl (C=O) groups is 1. The van der Waals surface area contributed by atoms with Gasteiger partial charge in [0.1, 0.15) is 5.82 Å². The van der Waals surface area contributed by atoms with Crippen molar-refractivity contribution >= 4 is 11.9 Å². The van der Waals surface area contributed by atoms with E-state index in [-0.39, 0.29) is 11.7 Å². The molecule has 0 aliphatic heterocycles. The average Bonchev–Trinajstić information content (AvgIpc) is 3.04. The highest BCUT2D eigenvalue weighted by molar-refractivity contribution is 5.77. The normalized spacial score (nSPS) is 13.0. The van der Waals surface area contributed by atoms with E-state index in [1.807, 2.05) is 26.1 Å². The molecule has 1 aromatic heterocycles. The second-order valence-electron chi connectivity index (χ2n) is 6.74. The van der Waals surface area contributed by atoms with Gasteiger partial charge in [0.15, 0.2) is 6.29 Å². The van der Waals surface area contributed by atoms with E-state index in [0.717, 1.165) is 66.6 Å². The molecule has 2 rings (SSSR count). The smallest absolute Gasteiger partial charge is 0.151 e. The Balaban J connectivity index is 2.28. The summed E-state index contributed by atoms with van der Waals surface area (Å²) in [5.74, 6) is -0.0442. The van der Waals surface area contributed by atoms with Crippen molar-refractivity contribution in [2.24, 2.45) is 0 Å². The van der Waals surface area contributed by atoms with Crippen molar-refractivity contribution in [3.8, 4) is 0 Å². The van der Waals surface area contributed by atoms with Gasteiger partial charge in [-0.2, -0.15) is 0 Å². The maximum atomic E-state index is 13.5. The molecule has 1 unspecified atom stereocenters. The van der Waals surface area contributed by atoms with Crippen LogP contribution in [-0.2, 0) is 6.42 Å². The lowest BCUT2D eigenvalue weighted by Crippen LogP contribution is -2.09. The number of aryl methyl sites for hydroxylation is 1. The molecule has 0 aliphatic rings. The Kier molecular flexibility index (Phi) is 7.79. The Bertz CT molecular complexity index is 748. The van der Waals surface area contributed by atoms with Gasteiger partial charge in [-0.3, -0.25) is 4.79 Å². The van der Waals surface area contributed by atoms with Gasteiger partial charge in [0.25, 0.3) is 0 Å². The fourth-order valence-corrected chi connectivity index (χ4v) is 3.26. The van der Waals surface area contributed by atoms with Crippen molar-refractivity contribution < 1.29 is 9.18 Å². The van der Waals surface area contributed by atoms with Crippen LogP contribution in [0.5, 0.6) is 0 Å². The molecule has 0 bridgehead atoms. The number of aromatic nitrogens is 1. The number of halogens is 1. The van der Waals surface area contributed by atoms with Crippen molar-refractivity contribution in [1.82, 2.24) is 10.3 Å². The van der Waals surface area contributed by atoms with Crippen LogP contribution in [0.25, 0.3) is 5.57 Å². The second-order valence-corrected chi connectivity index (χ2v) is 6.74. The summed E-state index contributed by atoms with van der Waals surface area (Å²) in [5.41, 5.74) is 4.74. The third-order valence-corrected chi connectivity index (χ3v) is 4.67. The molecule has 4 heteroatoms. The van der Waals surface area contributed by atoms with Crippen LogP contribution in [0.2, 0.25) is 0 Å². The molecule has 140 valence electrons. The lowest BCUT2D eigenvalue weighted by molar-refractivity contribution is 0.112. The molecule has 0 saturated heterocycles. The summed E-state index contributed by atoms with van der Waals surface area (Å²) >= 11 is 0. The molecule has 3 nitrogen and oxygen atoms in total. The van der Waals surface area contributed by atoms with E-state index in [2.05, 4.69) is 23.3 Å². The predicted molar refractivity (Wildman–Crippen MR) is 106 cm³/mol. The summed E-state index contributed by atoms with van der Waals surface area (Å²) in [6, 6.07) is 8.64. The summed E-state index contributed by atoms with van der Waals surface area (Å²) in [4.78, 5) is 14.9. The number of carbonyl (C=O) groups excluding carboxylic acids is 1. The molecule has 1 atom stereocenters. The standard InChI is InChI=1S/C22H29FN2O/c1-4-7-18(12-16(2)17-8-5-9-20(23)13-17)22-14-19(15-26)21(25-22)10-6-11-24-3/h5,8-9,12-15,18,24-25H,4,6-7,10-11H2,1-3H3/b16-12+. The molecule has 1 aromatic carbocycles. The molecule has 0 fully saturated rings. The summed E-state index contributed by atoms with van der Waals surface area (Å²) in [7, 11) is 1.93. The molecular weight excluding hydrogens is 327 g/mol. The summed E-state index contributed by atoms with van der Waals surface area (Å²) in [6.07, 6.45) is 6.94. The first-order valence-electron chi connectivity index (χ1n) is 9.35. The fraction of sp³-hybridized carbons (Fsp3) is 0.409. The van der Waals surface area contributed by atoms with E-state index < -0.39 is 0 Å². The van der Waals surface area contributed by atoms with Gasteiger partial charge in [0.2, 0.25) is 0 Å². The molecule has 0 saturated carbocycles. The van der Waals surface area contributed by atoms with Crippen LogP contribution in [0.15, 0.2) is 36.4 Å². The zero-order valence-electron chi connectivity index (χ0n) is 15.9. The number of rotatable bonds is 10. The van der Waals surface area contributed by atoms with Crippen molar-refractivity contribution in [2.75, 3.05) is 13.6 Å². The lowest BCUT2D eigenvalue weighted by atomic mass is 9.94. The van der Waals surface area contributed by atoms with Gasteiger partial charge in [0.05, 0.1) is 0 Å². The Morgan fingerprint density at radius 1 is 1.35 bits per heavy atom. The van der Waals surface area contributed by atoms with Crippen LogP contribution >= 0.6 is 0 Å². The van der Waals surface area contributed by atoms with Gasteiger partial charge in [-0.1, -0.05) is 31.6 Å². The van der Waals surface area contributed by atoms with Crippen molar-refractivity contribution in [2.45, 2.75) is 45.4 Å². The molecule has 26 heavy (non-hydrogen) atoms. The van der Waals surface area contributed by atoms with Gasteiger partial charge >= 0.3 is 0 Å². The molecular formula is C22H29FN2O. The minimum Gasteiger partial charge on any atom is -0.361 e. The largest absolute Gasteiger partial charge is 0.361 e. The van der Waals surface area contributed by atoms with Gasteiger partial charge < -0.3 is 10.3 Å². The van der Waals surface area contributed by atoms with Crippen molar-refractivity contribution in [3.05, 3.63) is 64.7 Å². The van der Waals surface area contributed by atoms with Crippen LogP contribution in [0.1, 0.15) is 66.3 Å². The first kappa shape index (κ1) is 20.1. The highest BCUT2D eigenvalue weighted by Gasteiger charge is 2.15. The lowest BCUT2D eigenvalue weighted by Gasteiger charge is -2.13. The van der Waals surface area contributed by atoms with Gasteiger partial charge in [-0.15, -0.1) is 0 Å². The number of hydrogen-bond acceptors (Lipinski definition) is 2. The molecule has 0 aliphatic carbocycles. The maximum Gasteiger partial charge on any atom is 0.151 e. The fourth-order valence-electron chi connectivity index (χ4n) is 3.26. The van der Waals surface area contributed by atoms with Crippen LogP contribution in [0, 0.1) is 5.82 Å². The number of aromatic amines is 1. The second kappa shape index (κ2) is 10.1. The Labute approximate surface area is 155 Å². The maximum absolute atomic E-state index is 13.5. The minimum atomic E-state index is -0.225. The molecule has 2 aromatic rings. The van der Waals surface area contributed by atoms with Crippen LogP contribution in [0.3, 0.4) is 0 Å². The zero-order chi connectivity index (χ0) is 18.9. The number of allylic oxidation sites excluding steroid dienone is 2. The van der Waals surface area contributed by atoms with Crippen molar-refractivity contribution in [3.63, 3.8) is 0 Å². The van der Waals surface area contributed by atoms with E-state index in [9.17, 15) is 9.18 Å². The monoisotopic (exact) mass is 356 g/mol. The van der Waals surface area contributed by atoms with Crippen LogP contribution in [0.4, 0.5) is 4.39 Å². The molecule has 1 heterocycles. The minimum absolute atomic E-state index is 0.181. The van der Waals surface area contributed by atoms with Gasteiger partial charge in [-0.25, -0.2) is 4.39 Å². The van der Waals surface area contributed by atoms with E-state index in [4.69, 9.17) is 0 Å². The van der Waals surface area contributed by atoms with Gasteiger partial charge in [-0.05, 0) is 69.1 Å². The number of nitrogens with one attached hydrogen (secondary N) is 2. The first-order chi connectivity index (χ1) is 12.6. The Morgan fingerprint density at radius 3 is 2.81 bits per heavy atom. The third-order valence-electron chi connectivity index (χ3n) is 4.67. The molecule has 2 N–H and O–H groups in total. The van der Waals surface area contributed by atoms with Gasteiger partial charge in [0, 0.05) is 22.9 Å². The van der Waals surface area contributed by atoms with E-state index in [1.54, 1.807) is 12.1 Å². The summed E-state index contributed by atoms with van der Waals surface area (Å²) in [5, 5.41) is 3.13. The summed E-state index contributed by atoms with van der Waals surface area (Å²) < 4.78 is 13.5. The predicted octanol–water partition coefficient (Wildman–Crippen LogP) is 5.11. The Hall–Kier alpha value is -2.20. The first-order valence-corrected chi connectivity index (χ1v) is 9.35. The quantitative estimate of drug-likeness (QED) is 0.459. The molecule has 0 radical (unpaired) electrons. The summed E-state index contributed by atoms with van der Waals surface area (Å²) in [6.45, 7) is 5.08. The van der Waals surface area contributed by atoms with E-state index in [1.165, 1.54) is 6.07 Å². The topological polar surface area (TPSA) is 44.9 Å². The number of benzene rings is 1. The highest BCUT2D eigenvalue weighted by Crippen LogP contribution is 2.28.